The van der Waals surface area contributed by atoms with Crippen molar-refractivity contribution in [3.63, 3.8) is 0 Å². The standard InChI is InChI=1S/C15H21N3O3/c1-9-13(7-14(19)20)10(2)18(15(21)16-9)12-5-6-17(8-12)11-3-4-11/h11-12H,3-8H2,1-2H3,(H,19,20). The molecule has 0 radical (unpaired) electrons. The van der Waals surface area contributed by atoms with Crippen molar-refractivity contribution in [2.75, 3.05) is 13.1 Å². The molecule has 114 valence electrons. The number of carboxylic acids is 1. The number of carboxylic acid groups (broad SMARTS) is 1. The van der Waals surface area contributed by atoms with Crippen LogP contribution in [-0.2, 0) is 11.2 Å². The van der Waals surface area contributed by atoms with Crippen molar-refractivity contribution in [3.05, 3.63) is 27.4 Å². The second-order valence-corrected chi connectivity index (χ2v) is 6.15. The normalized spacial score (nSPS) is 22.7. The van der Waals surface area contributed by atoms with Gasteiger partial charge >= 0.3 is 11.7 Å². The Labute approximate surface area is 123 Å². The molecule has 2 aliphatic rings. The fourth-order valence-corrected chi connectivity index (χ4v) is 3.40. The van der Waals surface area contributed by atoms with E-state index in [0.29, 0.717) is 17.3 Å². The number of carbonyl (C=O) groups is 1. The Morgan fingerprint density at radius 2 is 2.00 bits per heavy atom. The third-order valence-corrected chi connectivity index (χ3v) is 4.66. The second kappa shape index (κ2) is 5.26. The van der Waals surface area contributed by atoms with Crippen molar-refractivity contribution in [3.8, 4) is 0 Å². The highest BCUT2D eigenvalue weighted by atomic mass is 16.4. The number of rotatable bonds is 4. The molecule has 1 aliphatic heterocycles. The molecule has 0 spiro atoms. The fourth-order valence-electron chi connectivity index (χ4n) is 3.40. The molecule has 0 aromatic carbocycles. The molecule has 2 fully saturated rings. The average molecular weight is 291 g/mol. The van der Waals surface area contributed by atoms with E-state index in [1.165, 1.54) is 12.8 Å². The van der Waals surface area contributed by atoms with Crippen molar-refractivity contribution in [1.82, 2.24) is 14.5 Å². The molecule has 6 heteroatoms. The molecule has 0 amide bonds. The summed E-state index contributed by atoms with van der Waals surface area (Å²) in [4.78, 5) is 29.8. The lowest BCUT2D eigenvalue weighted by Gasteiger charge is -2.20. The van der Waals surface area contributed by atoms with Crippen LogP contribution in [0.2, 0.25) is 0 Å². The van der Waals surface area contributed by atoms with Gasteiger partial charge in [0.25, 0.3) is 0 Å². The third-order valence-electron chi connectivity index (χ3n) is 4.66. The summed E-state index contributed by atoms with van der Waals surface area (Å²) in [6.45, 7) is 5.45. The van der Waals surface area contributed by atoms with Gasteiger partial charge < -0.3 is 5.11 Å². The molecule has 1 unspecified atom stereocenters. The van der Waals surface area contributed by atoms with Crippen molar-refractivity contribution in [2.45, 2.75) is 51.6 Å². The van der Waals surface area contributed by atoms with E-state index in [9.17, 15) is 9.59 Å². The average Bonchev–Trinajstić information content (AvgIpc) is 3.14. The summed E-state index contributed by atoms with van der Waals surface area (Å²) in [6.07, 6.45) is 3.38. The van der Waals surface area contributed by atoms with E-state index in [1.54, 1.807) is 11.5 Å². The highest BCUT2D eigenvalue weighted by Gasteiger charge is 2.36. The van der Waals surface area contributed by atoms with Crippen LogP contribution in [0.25, 0.3) is 0 Å². The molecule has 0 bridgehead atoms. The van der Waals surface area contributed by atoms with Crippen molar-refractivity contribution in [1.29, 1.82) is 0 Å². The molecule has 6 nitrogen and oxygen atoms in total. The third kappa shape index (κ3) is 2.72. The lowest BCUT2D eigenvalue weighted by atomic mass is 10.1. The molecule has 21 heavy (non-hydrogen) atoms. The summed E-state index contributed by atoms with van der Waals surface area (Å²) in [7, 11) is 0. The van der Waals surface area contributed by atoms with Gasteiger partial charge in [0.2, 0.25) is 0 Å². The lowest BCUT2D eigenvalue weighted by molar-refractivity contribution is -0.136. The van der Waals surface area contributed by atoms with E-state index in [4.69, 9.17) is 5.11 Å². The number of aromatic nitrogens is 2. The monoisotopic (exact) mass is 291 g/mol. The first-order valence-electron chi connectivity index (χ1n) is 7.52. The molecule has 1 aromatic rings. The van der Waals surface area contributed by atoms with Crippen LogP contribution in [0.5, 0.6) is 0 Å². The van der Waals surface area contributed by atoms with Crippen LogP contribution in [0.3, 0.4) is 0 Å². The van der Waals surface area contributed by atoms with Gasteiger partial charge in [0.1, 0.15) is 0 Å². The van der Waals surface area contributed by atoms with Crippen LogP contribution in [0, 0.1) is 13.8 Å². The smallest absolute Gasteiger partial charge is 0.348 e. The Bertz CT molecular complexity index is 634. The van der Waals surface area contributed by atoms with Gasteiger partial charge in [-0.1, -0.05) is 0 Å². The molecule has 2 heterocycles. The van der Waals surface area contributed by atoms with Gasteiger partial charge in [-0.05, 0) is 33.1 Å². The predicted octanol–water partition coefficient (Wildman–Crippen LogP) is 0.896. The summed E-state index contributed by atoms with van der Waals surface area (Å²) in [5.41, 5.74) is 1.72. The summed E-state index contributed by atoms with van der Waals surface area (Å²) in [5.74, 6) is -0.890. The zero-order valence-electron chi connectivity index (χ0n) is 12.5. The molecule has 3 rings (SSSR count). The molecule has 1 aromatic heterocycles. The van der Waals surface area contributed by atoms with Gasteiger partial charge in [-0.15, -0.1) is 0 Å². The Balaban J connectivity index is 1.94. The minimum Gasteiger partial charge on any atom is -0.481 e. The molecular formula is C15H21N3O3. The highest BCUT2D eigenvalue weighted by molar-refractivity contribution is 5.70. The largest absolute Gasteiger partial charge is 0.481 e. The van der Waals surface area contributed by atoms with Crippen molar-refractivity contribution in [2.24, 2.45) is 0 Å². The number of hydrogen-bond acceptors (Lipinski definition) is 4. The number of aliphatic carboxylic acids is 1. The minimum atomic E-state index is -0.890. The Kier molecular flexibility index (Phi) is 3.57. The quantitative estimate of drug-likeness (QED) is 0.892. The predicted molar refractivity (Wildman–Crippen MR) is 77.6 cm³/mol. The zero-order chi connectivity index (χ0) is 15.1. The molecule has 1 N–H and O–H groups in total. The summed E-state index contributed by atoms with van der Waals surface area (Å²) >= 11 is 0. The zero-order valence-corrected chi connectivity index (χ0v) is 12.5. The van der Waals surface area contributed by atoms with Gasteiger partial charge in [0, 0.05) is 36.1 Å². The van der Waals surface area contributed by atoms with E-state index >= 15 is 0 Å². The van der Waals surface area contributed by atoms with E-state index in [-0.39, 0.29) is 18.2 Å². The maximum absolute atomic E-state index is 12.3. The first kappa shape index (κ1) is 14.3. The van der Waals surface area contributed by atoms with Crippen LogP contribution in [0.4, 0.5) is 0 Å². The number of likely N-dealkylation sites (tertiary alicyclic amines) is 1. The summed E-state index contributed by atoms with van der Waals surface area (Å²) < 4.78 is 1.72. The van der Waals surface area contributed by atoms with Gasteiger partial charge in [0.05, 0.1) is 12.5 Å². The second-order valence-electron chi connectivity index (χ2n) is 6.15. The molecule has 1 aliphatic carbocycles. The van der Waals surface area contributed by atoms with Crippen LogP contribution >= 0.6 is 0 Å². The van der Waals surface area contributed by atoms with Gasteiger partial charge in [0.15, 0.2) is 0 Å². The van der Waals surface area contributed by atoms with E-state index in [0.717, 1.165) is 25.2 Å². The van der Waals surface area contributed by atoms with Gasteiger partial charge in [-0.2, -0.15) is 4.98 Å². The molecule has 1 saturated heterocycles. The van der Waals surface area contributed by atoms with Crippen molar-refractivity contribution >= 4 is 5.97 Å². The number of hydrogen-bond donors (Lipinski definition) is 1. The van der Waals surface area contributed by atoms with E-state index in [2.05, 4.69) is 9.88 Å². The van der Waals surface area contributed by atoms with Crippen LogP contribution in [0.1, 0.15) is 42.3 Å². The van der Waals surface area contributed by atoms with Gasteiger partial charge in [-0.3, -0.25) is 14.3 Å². The highest BCUT2D eigenvalue weighted by Crippen LogP contribution is 2.33. The molecular weight excluding hydrogens is 270 g/mol. The SMILES string of the molecule is Cc1nc(=O)n(C2CCN(C3CC3)C2)c(C)c1CC(=O)O. The maximum atomic E-state index is 12.3. The summed E-state index contributed by atoms with van der Waals surface area (Å²) in [6, 6.07) is 0.821. The Hall–Kier alpha value is -1.69. The van der Waals surface area contributed by atoms with Gasteiger partial charge in [-0.25, -0.2) is 4.79 Å². The fraction of sp³-hybridized carbons (Fsp3) is 0.667. The van der Waals surface area contributed by atoms with E-state index < -0.39 is 5.97 Å². The van der Waals surface area contributed by atoms with Crippen LogP contribution in [-0.4, -0.2) is 44.7 Å². The number of aryl methyl sites for hydroxylation is 1. The van der Waals surface area contributed by atoms with Crippen LogP contribution < -0.4 is 5.69 Å². The minimum absolute atomic E-state index is 0.0794. The van der Waals surface area contributed by atoms with Crippen LogP contribution in [0.15, 0.2) is 4.79 Å². The Morgan fingerprint density at radius 1 is 1.29 bits per heavy atom. The molecule has 1 saturated carbocycles. The summed E-state index contributed by atoms with van der Waals surface area (Å²) in [5, 5.41) is 9.04. The van der Waals surface area contributed by atoms with E-state index in [1.807, 2.05) is 6.92 Å². The topological polar surface area (TPSA) is 75.4 Å². The first-order chi connectivity index (χ1) is 9.97. The van der Waals surface area contributed by atoms with Crippen molar-refractivity contribution < 1.29 is 9.90 Å². The molecule has 1 atom stereocenters. The first-order valence-corrected chi connectivity index (χ1v) is 7.52. The Morgan fingerprint density at radius 3 is 2.62 bits per heavy atom. The maximum Gasteiger partial charge on any atom is 0.348 e. The number of nitrogens with zero attached hydrogens (tertiary/aromatic N) is 3. The lowest BCUT2D eigenvalue weighted by Crippen LogP contribution is -2.33.